The summed E-state index contributed by atoms with van der Waals surface area (Å²) in [6.07, 6.45) is 2.16. The van der Waals surface area contributed by atoms with Gasteiger partial charge in [0.15, 0.2) is 11.6 Å². The molecule has 0 saturated carbocycles. The van der Waals surface area contributed by atoms with E-state index in [9.17, 15) is 4.79 Å². The first-order chi connectivity index (χ1) is 19.4. The van der Waals surface area contributed by atoms with Crippen LogP contribution in [-0.4, -0.2) is 49.3 Å². The quantitative estimate of drug-likeness (QED) is 0.192. The molecule has 2 atom stereocenters. The number of hydrogen-bond acceptors (Lipinski definition) is 6. The number of para-hydroxylation sites is 1. The molecule has 0 aliphatic carbocycles. The Labute approximate surface area is 244 Å². The molecule has 0 radical (unpaired) electrons. The van der Waals surface area contributed by atoms with E-state index in [2.05, 4.69) is 11.9 Å². The Hall–Kier alpha value is -3.52. The minimum absolute atomic E-state index is 0.0592. The number of aliphatic hydroxyl groups is 1. The summed E-state index contributed by atoms with van der Waals surface area (Å²) in [5, 5.41) is 12.9. The van der Waals surface area contributed by atoms with Crippen molar-refractivity contribution < 1.29 is 24.1 Å². The van der Waals surface area contributed by atoms with Gasteiger partial charge in [-0.3, -0.25) is 4.79 Å². The van der Waals surface area contributed by atoms with E-state index >= 15 is 0 Å². The van der Waals surface area contributed by atoms with Crippen LogP contribution in [0.3, 0.4) is 0 Å². The monoisotopic (exact) mass is 582 g/mol. The first-order valence-corrected chi connectivity index (χ1v) is 13.7. The van der Waals surface area contributed by atoms with Crippen molar-refractivity contribution in [1.82, 2.24) is 5.32 Å². The minimum Gasteiger partial charge on any atom is -0.496 e. The Morgan fingerprint density at radius 1 is 1.18 bits per heavy atom. The molecule has 1 aliphatic rings. The van der Waals surface area contributed by atoms with Gasteiger partial charge in [-0.15, -0.1) is 6.58 Å². The molecule has 0 saturated heterocycles. The Morgan fingerprint density at radius 2 is 1.95 bits per heavy atom. The maximum absolute atomic E-state index is 14.0. The molecule has 0 fully saturated rings. The number of hydrogen-bond donors (Lipinski definition) is 2. The molecule has 2 N–H and O–H groups in total. The predicted octanol–water partition coefficient (Wildman–Crippen LogP) is 5.96. The lowest BCUT2D eigenvalue weighted by Crippen LogP contribution is -2.48. The summed E-state index contributed by atoms with van der Waals surface area (Å²) in [7, 11) is 1.62. The lowest BCUT2D eigenvalue weighted by Gasteiger charge is -2.30. The zero-order valence-corrected chi connectivity index (χ0v) is 23.8. The molecule has 7 nitrogen and oxygen atoms in total. The number of ether oxygens (including phenoxy) is 3. The van der Waals surface area contributed by atoms with Crippen LogP contribution >= 0.6 is 23.2 Å². The van der Waals surface area contributed by atoms with Crippen molar-refractivity contribution in [3.05, 3.63) is 106 Å². The minimum atomic E-state index is -1.36. The Morgan fingerprint density at radius 3 is 2.65 bits per heavy atom. The summed E-state index contributed by atoms with van der Waals surface area (Å²) in [4.78, 5) is 18.8. The number of aliphatic imine (C=N–C) groups is 1. The fourth-order valence-corrected chi connectivity index (χ4v) is 5.11. The third-order valence-corrected chi connectivity index (χ3v) is 7.17. The van der Waals surface area contributed by atoms with Crippen LogP contribution in [0.1, 0.15) is 35.6 Å². The average Bonchev–Trinajstić information content (AvgIpc) is 3.34. The van der Waals surface area contributed by atoms with Crippen LogP contribution < -0.4 is 14.8 Å². The molecular formula is C31H32Cl2N2O5. The van der Waals surface area contributed by atoms with Crippen molar-refractivity contribution in [3.63, 3.8) is 0 Å². The van der Waals surface area contributed by atoms with Gasteiger partial charge < -0.3 is 24.6 Å². The molecule has 210 valence electrons. The molecule has 0 aromatic heterocycles. The molecule has 4 rings (SSSR count). The molecule has 3 aromatic rings. The number of nitrogens with zero attached hydrogens (tertiary/aromatic N) is 1. The molecule has 0 unspecified atom stereocenters. The van der Waals surface area contributed by atoms with Crippen LogP contribution in [0.15, 0.2) is 84.4 Å². The van der Waals surface area contributed by atoms with Crippen LogP contribution in [0, 0.1) is 0 Å². The maximum atomic E-state index is 14.0. The third-order valence-electron chi connectivity index (χ3n) is 6.60. The number of carbonyl (C=O) groups excluding carboxylic acids is 1. The summed E-state index contributed by atoms with van der Waals surface area (Å²) in [5.74, 6) is 1.41. The first-order valence-electron chi connectivity index (χ1n) is 13.0. The standard InChI is InChI=1S/C31H32Cl2N2O5/c1-3-16-31(30(37)34-17-15-21-7-4-5-8-27(21)38-2)28(25-14-11-23(32)20-26(25)33)40-29(35-31)22-9-12-24(13-10-22)39-19-6-18-36/h3-5,7-14,20,28,36H,1,6,15-19H2,2H3,(H,34,37)/t28-,31-/m1/s1. The Bertz CT molecular complexity index is 1360. The topological polar surface area (TPSA) is 89.4 Å². The van der Waals surface area contributed by atoms with Gasteiger partial charge in [-0.25, -0.2) is 4.99 Å². The highest BCUT2D eigenvalue weighted by Gasteiger charge is 2.53. The number of carbonyl (C=O) groups is 1. The smallest absolute Gasteiger partial charge is 0.252 e. The van der Waals surface area contributed by atoms with Crippen LogP contribution in [0.25, 0.3) is 0 Å². The number of aliphatic hydroxyl groups excluding tert-OH is 1. The van der Waals surface area contributed by atoms with Gasteiger partial charge in [-0.1, -0.05) is 53.5 Å². The van der Waals surface area contributed by atoms with Gasteiger partial charge in [0, 0.05) is 47.2 Å². The maximum Gasteiger partial charge on any atom is 0.252 e. The highest BCUT2D eigenvalue weighted by Crippen LogP contribution is 2.45. The average molecular weight is 584 g/mol. The molecule has 9 heteroatoms. The van der Waals surface area contributed by atoms with Crippen molar-refractivity contribution >= 4 is 35.0 Å². The molecule has 3 aromatic carbocycles. The summed E-state index contributed by atoms with van der Waals surface area (Å²) in [6, 6.07) is 20.0. The van der Waals surface area contributed by atoms with E-state index in [4.69, 9.17) is 47.5 Å². The molecule has 40 heavy (non-hydrogen) atoms. The summed E-state index contributed by atoms with van der Waals surface area (Å²) < 4.78 is 17.5. The molecule has 1 heterocycles. The highest BCUT2D eigenvalue weighted by molar-refractivity contribution is 6.35. The van der Waals surface area contributed by atoms with Crippen LogP contribution in [0.4, 0.5) is 0 Å². The molecule has 0 spiro atoms. The Balaban J connectivity index is 1.65. The second kappa shape index (κ2) is 13.7. The molecular weight excluding hydrogens is 551 g/mol. The number of amides is 1. The Kier molecular flexibility index (Phi) is 10.1. The highest BCUT2D eigenvalue weighted by atomic mass is 35.5. The normalized spacial score (nSPS) is 18.0. The van der Waals surface area contributed by atoms with Gasteiger partial charge >= 0.3 is 0 Å². The van der Waals surface area contributed by atoms with Gasteiger partial charge in [-0.2, -0.15) is 0 Å². The van der Waals surface area contributed by atoms with E-state index in [1.54, 1.807) is 43.5 Å². The number of methoxy groups -OCH3 is 1. The van der Waals surface area contributed by atoms with Crippen molar-refractivity contribution in [2.75, 3.05) is 26.9 Å². The van der Waals surface area contributed by atoms with E-state index in [0.29, 0.717) is 58.8 Å². The number of halogens is 2. The fourth-order valence-electron chi connectivity index (χ4n) is 4.60. The zero-order chi connectivity index (χ0) is 28.5. The van der Waals surface area contributed by atoms with Crippen molar-refractivity contribution in [2.24, 2.45) is 4.99 Å². The molecule has 0 bridgehead atoms. The van der Waals surface area contributed by atoms with E-state index in [1.807, 2.05) is 36.4 Å². The van der Waals surface area contributed by atoms with Gasteiger partial charge in [-0.05, 0) is 54.4 Å². The van der Waals surface area contributed by atoms with E-state index < -0.39 is 11.6 Å². The van der Waals surface area contributed by atoms with Gasteiger partial charge in [0.25, 0.3) is 5.91 Å². The van der Waals surface area contributed by atoms with E-state index in [1.165, 1.54) is 0 Å². The number of rotatable bonds is 13. The number of benzene rings is 3. The summed E-state index contributed by atoms with van der Waals surface area (Å²) >= 11 is 12.8. The van der Waals surface area contributed by atoms with Crippen LogP contribution in [-0.2, 0) is 16.0 Å². The summed E-state index contributed by atoms with van der Waals surface area (Å²) in [6.45, 7) is 4.73. The second-order valence-corrected chi connectivity index (χ2v) is 10.1. The fraction of sp³-hybridized carbons (Fsp3) is 0.290. The van der Waals surface area contributed by atoms with E-state index in [0.717, 1.165) is 11.3 Å². The molecule has 1 amide bonds. The SMILES string of the molecule is C=CC[C@@]1(C(=O)NCCc2ccccc2OC)N=C(c2ccc(OCCCO)cc2)O[C@@H]1c1ccc(Cl)cc1Cl. The lowest BCUT2D eigenvalue weighted by molar-refractivity contribution is -0.128. The predicted molar refractivity (Wildman–Crippen MR) is 158 cm³/mol. The van der Waals surface area contributed by atoms with Gasteiger partial charge in [0.05, 0.1) is 13.7 Å². The largest absolute Gasteiger partial charge is 0.496 e. The van der Waals surface area contributed by atoms with Crippen LogP contribution in [0.5, 0.6) is 11.5 Å². The number of nitrogens with one attached hydrogen (secondary N) is 1. The van der Waals surface area contributed by atoms with E-state index in [-0.39, 0.29) is 18.9 Å². The summed E-state index contributed by atoms with van der Waals surface area (Å²) in [5.41, 5.74) is 0.896. The molecule has 1 aliphatic heterocycles. The van der Waals surface area contributed by atoms with Gasteiger partial charge in [0.1, 0.15) is 11.5 Å². The van der Waals surface area contributed by atoms with Crippen molar-refractivity contribution in [1.29, 1.82) is 0 Å². The third kappa shape index (κ3) is 6.61. The zero-order valence-electron chi connectivity index (χ0n) is 22.2. The second-order valence-electron chi connectivity index (χ2n) is 9.27. The lowest BCUT2D eigenvalue weighted by atomic mass is 9.84. The van der Waals surface area contributed by atoms with Crippen molar-refractivity contribution in [3.8, 4) is 11.5 Å². The van der Waals surface area contributed by atoms with Crippen molar-refractivity contribution in [2.45, 2.75) is 30.9 Å². The first kappa shape index (κ1) is 29.5. The van der Waals surface area contributed by atoms with Crippen LogP contribution in [0.2, 0.25) is 10.0 Å². The van der Waals surface area contributed by atoms with Gasteiger partial charge in [0.2, 0.25) is 5.90 Å².